The van der Waals surface area contributed by atoms with Crippen molar-refractivity contribution >= 4 is 13.5 Å². The molecule has 10 heavy (non-hydrogen) atoms. The highest BCUT2D eigenvalue weighted by molar-refractivity contribution is 7.47. The van der Waals surface area contributed by atoms with Gasteiger partial charge in [0.15, 0.2) is 0 Å². The van der Waals surface area contributed by atoms with Crippen LogP contribution < -0.4 is 0 Å². The molecule has 49 valence electrons. The first-order valence-corrected chi connectivity index (χ1v) is 4.40. The van der Waals surface area contributed by atoms with Gasteiger partial charge in [0.1, 0.15) is 0 Å². The van der Waals surface area contributed by atoms with E-state index in [0.717, 1.165) is 6.42 Å². The maximum atomic E-state index is 3.37. The fourth-order valence-corrected chi connectivity index (χ4v) is 2.15. The Hall–Kier alpha value is -0.610. The third-order valence-electron chi connectivity index (χ3n) is 1.66. The topological polar surface area (TPSA) is 0 Å². The van der Waals surface area contributed by atoms with Crippen molar-refractivity contribution in [1.29, 1.82) is 0 Å². The highest BCUT2D eigenvalue weighted by atomic mass is 31.1. The van der Waals surface area contributed by atoms with Gasteiger partial charge >= 0.3 is 0 Å². The average molecular weight is 147 g/mol. The number of fused-ring (bicyclic) bond motifs is 1. The predicted octanol–water partition coefficient (Wildman–Crippen LogP) is 2.71. The predicted molar refractivity (Wildman–Crippen MR) is 46.2 cm³/mol. The Bertz CT molecular complexity index is 277. The number of rotatable bonds is 1. The lowest BCUT2D eigenvalue weighted by Crippen LogP contribution is -1.82. The van der Waals surface area contributed by atoms with Crippen molar-refractivity contribution < 1.29 is 0 Å². The van der Waals surface area contributed by atoms with E-state index < -0.39 is 0 Å². The Kier molecular flexibility index (Phi) is 1.35. The van der Waals surface area contributed by atoms with Crippen molar-refractivity contribution in [3.05, 3.63) is 35.2 Å². The Balaban J connectivity index is 2.38. The summed E-state index contributed by atoms with van der Waals surface area (Å²) in [6.45, 7) is 2.18. The molecule has 0 aromatic carbocycles. The van der Waals surface area contributed by atoms with Gasteiger partial charge in [-0.1, -0.05) is 27.3 Å². The molecule has 1 aliphatic heterocycles. The first-order valence-electron chi connectivity index (χ1n) is 3.50. The first kappa shape index (κ1) is 6.12. The maximum absolute atomic E-state index is 3.37. The zero-order valence-corrected chi connectivity index (χ0v) is 6.78. The molecule has 0 atom stereocenters. The van der Waals surface area contributed by atoms with Crippen molar-refractivity contribution in [1.82, 2.24) is 0 Å². The molecular formula is C9H8P. The molecule has 0 nitrogen and oxygen atoms in total. The van der Waals surface area contributed by atoms with Crippen molar-refractivity contribution in [2.75, 3.05) is 0 Å². The van der Waals surface area contributed by atoms with Crippen LogP contribution in [0.5, 0.6) is 0 Å². The molecule has 1 aliphatic carbocycles. The van der Waals surface area contributed by atoms with Gasteiger partial charge in [-0.25, -0.2) is 0 Å². The van der Waals surface area contributed by atoms with Crippen molar-refractivity contribution in [3.63, 3.8) is 0 Å². The van der Waals surface area contributed by atoms with Crippen LogP contribution in [0, 0.1) is 6.08 Å². The minimum atomic E-state index is 1.14. The lowest BCUT2D eigenvalue weighted by molar-refractivity contribution is 1.19. The van der Waals surface area contributed by atoms with Crippen LogP contribution in [0.25, 0.3) is 0 Å². The van der Waals surface area contributed by atoms with Gasteiger partial charge in [0.05, 0.1) is 0 Å². The van der Waals surface area contributed by atoms with E-state index in [9.17, 15) is 0 Å². The van der Waals surface area contributed by atoms with Crippen LogP contribution in [0.3, 0.4) is 0 Å². The molecule has 0 N–H and O–H groups in total. The van der Waals surface area contributed by atoms with Gasteiger partial charge < -0.3 is 0 Å². The number of hydrogen-bond acceptors (Lipinski definition) is 0. The molecule has 1 radical (unpaired) electrons. The van der Waals surface area contributed by atoms with E-state index in [1.54, 1.807) is 0 Å². The van der Waals surface area contributed by atoms with E-state index in [1.165, 1.54) is 24.4 Å². The summed E-state index contributed by atoms with van der Waals surface area (Å²) in [7, 11) is 1.37. The average Bonchev–Trinajstić information content (AvgIpc) is 2.42. The molecule has 0 saturated carbocycles. The van der Waals surface area contributed by atoms with Crippen molar-refractivity contribution in [3.8, 4) is 0 Å². The van der Waals surface area contributed by atoms with Gasteiger partial charge in [0.25, 0.3) is 0 Å². The van der Waals surface area contributed by atoms with E-state index in [-0.39, 0.29) is 0 Å². The summed E-state index contributed by atoms with van der Waals surface area (Å²) >= 11 is 0. The van der Waals surface area contributed by atoms with E-state index in [0.29, 0.717) is 0 Å². The zero-order chi connectivity index (χ0) is 6.97. The van der Waals surface area contributed by atoms with E-state index in [4.69, 9.17) is 0 Å². The normalized spacial score (nSPS) is 21.9. The Morgan fingerprint density at radius 2 is 2.50 bits per heavy atom. The SMILES string of the molecule is CCC1=[C]C2=CC=CC2=P1. The number of hydrogen-bond donors (Lipinski definition) is 0. The van der Waals surface area contributed by atoms with Crippen LogP contribution in [0.15, 0.2) is 29.1 Å². The molecule has 0 saturated heterocycles. The van der Waals surface area contributed by atoms with Crippen LogP contribution in [-0.2, 0) is 0 Å². The second kappa shape index (κ2) is 2.21. The minimum Gasteiger partial charge on any atom is -0.0636 e. The highest BCUT2D eigenvalue weighted by Crippen LogP contribution is 2.32. The molecular weight excluding hydrogens is 139 g/mol. The van der Waals surface area contributed by atoms with E-state index >= 15 is 0 Å². The molecule has 2 rings (SSSR count). The molecule has 0 unspecified atom stereocenters. The summed E-state index contributed by atoms with van der Waals surface area (Å²) in [5, 5.41) is 2.85. The summed E-state index contributed by atoms with van der Waals surface area (Å²) in [5.74, 6) is 0. The minimum absolute atomic E-state index is 1.14. The molecule has 0 aromatic rings. The van der Waals surface area contributed by atoms with Gasteiger partial charge in [0.2, 0.25) is 0 Å². The van der Waals surface area contributed by atoms with E-state index in [2.05, 4.69) is 31.2 Å². The summed E-state index contributed by atoms with van der Waals surface area (Å²) < 4.78 is 0. The molecule has 1 heteroatoms. The molecule has 0 spiro atoms. The largest absolute Gasteiger partial charge is 0.0636 e. The summed E-state index contributed by atoms with van der Waals surface area (Å²) in [6.07, 6.45) is 10.9. The third kappa shape index (κ3) is 0.803. The number of allylic oxidation sites excluding steroid dienone is 6. The smallest absolute Gasteiger partial charge is 0.00995 e. The second-order valence-corrected chi connectivity index (χ2v) is 3.61. The Morgan fingerprint density at radius 3 is 3.20 bits per heavy atom. The fraction of sp³-hybridized carbons (Fsp3) is 0.222. The lowest BCUT2D eigenvalue weighted by atomic mass is 10.2. The quantitative estimate of drug-likeness (QED) is 0.500. The maximum Gasteiger partial charge on any atom is 0.00995 e. The van der Waals surface area contributed by atoms with Crippen LogP contribution in [-0.4, -0.2) is 5.29 Å². The van der Waals surface area contributed by atoms with Crippen LogP contribution >= 0.6 is 8.20 Å². The van der Waals surface area contributed by atoms with Gasteiger partial charge in [-0.15, -0.1) is 0 Å². The molecule has 0 bridgehead atoms. The second-order valence-electron chi connectivity index (χ2n) is 2.36. The molecule has 1 heterocycles. The fourth-order valence-electron chi connectivity index (χ4n) is 1.11. The van der Waals surface area contributed by atoms with Gasteiger partial charge in [-0.2, -0.15) is 0 Å². The van der Waals surface area contributed by atoms with Crippen molar-refractivity contribution in [2.45, 2.75) is 13.3 Å². The van der Waals surface area contributed by atoms with Gasteiger partial charge in [-0.05, 0) is 29.5 Å². The molecule has 0 aromatic heterocycles. The lowest BCUT2D eigenvalue weighted by Gasteiger charge is -1.84. The summed E-state index contributed by atoms with van der Waals surface area (Å²) in [4.78, 5) is 0. The molecule has 2 aliphatic rings. The van der Waals surface area contributed by atoms with Crippen LogP contribution in [0.1, 0.15) is 13.3 Å². The molecule has 0 amide bonds. The van der Waals surface area contributed by atoms with E-state index in [1.807, 2.05) is 0 Å². The standard InChI is InChI=1S/C9H8P/c1-2-8-6-7-4-3-5-9(7)10-8/h3-5H,2H2,1H3. The van der Waals surface area contributed by atoms with Crippen LogP contribution in [0.4, 0.5) is 0 Å². The highest BCUT2D eigenvalue weighted by Gasteiger charge is 2.12. The summed E-state index contributed by atoms with van der Waals surface area (Å²) in [6, 6.07) is 0. The van der Waals surface area contributed by atoms with Crippen LogP contribution in [0.2, 0.25) is 0 Å². The zero-order valence-electron chi connectivity index (χ0n) is 5.89. The monoisotopic (exact) mass is 147 g/mol. The Morgan fingerprint density at radius 1 is 1.60 bits per heavy atom. The van der Waals surface area contributed by atoms with Gasteiger partial charge in [-0.3, -0.25) is 0 Å². The summed E-state index contributed by atoms with van der Waals surface area (Å²) in [5.41, 5.74) is 1.30. The van der Waals surface area contributed by atoms with Gasteiger partial charge in [0, 0.05) is 5.29 Å². The first-order chi connectivity index (χ1) is 4.90. The van der Waals surface area contributed by atoms with Crippen molar-refractivity contribution in [2.24, 2.45) is 0 Å². The Labute approximate surface area is 62.8 Å². The third-order valence-corrected chi connectivity index (χ3v) is 2.99. The molecule has 0 fully saturated rings.